The Morgan fingerprint density at radius 2 is 2.12 bits per heavy atom. The molecule has 0 aliphatic heterocycles. The molecule has 0 spiro atoms. The number of aromatic nitrogens is 2. The van der Waals surface area contributed by atoms with Crippen LogP contribution in [0.5, 0.6) is 0 Å². The van der Waals surface area contributed by atoms with Crippen LogP contribution >= 0.6 is 0 Å². The standard InChI is InChI=1S/C13H19N3/c1-3-10(2)11(14)8-16-9-15-12-6-4-5-7-13(12)16/h4-7,9-11H,3,8,14H2,1-2H3. The van der Waals surface area contributed by atoms with Crippen LogP contribution in [0.4, 0.5) is 0 Å². The lowest BCUT2D eigenvalue weighted by Crippen LogP contribution is -2.32. The van der Waals surface area contributed by atoms with E-state index < -0.39 is 0 Å². The third-order valence-corrected chi connectivity index (χ3v) is 3.31. The van der Waals surface area contributed by atoms with Crippen molar-refractivity contribution in [3.63, 3.8) is 0 Å². The van der Waals surface area contributed by atoms with Gasteiger partial charge in [-0.15, -0.1) is 0 Å². The van der Waals surface area contributed by atoms with Gasteiger partial charge in [-0.1, -0.05) is 32.4 Å². The third kappa shape index (κ3) is 2.09. The highest BCUT2D eigenvalue weighted by Crippen LogP contribution is 2.14. The van der Waals surface area contributed by atoms with Crippen LogP contribution < -0.4 is 5.73 Å². The van der Waals surface area contributed by atoms with Gasteiger partial charge in [0, 0.05) is 12.6 Å². The first-order valence-electron chi connectivity index (χ1n) is 5.87. The first-order valence-corrected chi connectivity index (χ1v) is 5.87. The summed E-state index contributed by atoms with van der Waals surface area (Å²) in [6.45, 7) is 5.22. The first kappa shape index (κ1) is 11.1. The minimum absolute atomic E-state index is 0.197. The summed E-state index contributed by atoms with van der Waals surface area (Å²) in [6, 6.07) is 8.36. The van der Waals surface area contributed by atoms with E-state index in [0.29, 0.717) is 5.92 Å². The zero-order valence-electron chi connectivity index (χ0n) is 9.93. The Balaban J connectivity index is 2.21. The first-order chi connectivity index (χ1) is 7.72. The van der Waals surface area contributed by atoms with Crippen molar-refractivity contribution >= 4 is 11.0 Å². The van der Waals surface area contributed by atoms with E-state index in [1.807, 2.05) is 24.5 Å². The molecule has 0 saturated heterocycles. The molecular weight excluding hydrogens is 198 g/mol. The molecule has 86 valence electrons. The minimum atomic E-state index is 0.197. The molecule has 2 unspecified atom stereocenters. The fourth-order valence-electron chi connectivity index (χ4n) is 1.87. The Morgan fingerprint density at radius 1 is 1.38 bits per heavy atom. The lowest BCUT2D eigenvalue weighted by Gasteiger charge is -2.19. The molecule has 0 radical (unpaired) electrons. The van der Waals surface area contributed by atoms with Crippen LogP contribution in [0.3, 0.4) is 0 Å². The van der Waals surface area contributed by atoms with Gasteiger partial charge in [-0.2, -0.15) is 0 Å². The van der Waals surface area contributed by atoms with E-state index in [1.165, 1.54) is 5.52 Å². The summed E-state index contributed by atoms with van der Waals surface area (Å²) >= 11 is 0. The maximum Gasteiger partial charge on any atom is 0.0958 e. The molecule has 0 aliphatic carbocycles. The maximum absolute atomic E-state index is 6.16. The minimum Gasteiger partial charge on any atom is -0.329 e. The van der Waals surface area contributed by atoms with E-state index in [1.54, 1.807) is 0 Å². The molecule has 2 atom stereocenters. The van der Waals surface area contributed by atoms with Gasteiger partial charge in [0.05, 0.1) is 17.4 Å². The largest absolute Gasteiger partial charge is 0.329 e. The van der Waals surface area contributed by atoms with Crippen molar-refractivity contribution in [3.05, 3.63) is 30.6 Å². The topological polar surface area (TPSA) is 43.8 Å². The van der Waals surface area contributed by atoms with Crippen molar-refractivity contribution in [1.82, 2.24) is 9.55 Å². The highest BCUT2D eigenvalue weighted by atomic mass is 15.1. The van der Waals surface area contributed by atoms with Crippen molar-refractivity contribution in [3.8, 4) is 0 Å². The molecule has 1 aromatic heterocycles. The monoisotopic (exact) mass is 217 g/mol. The number of imidazole rings is 1. The average Bonchev–Trinajstić information content (AvgIpc) is 2.72. The van der Waals surface area contributed by atoms with E-state index in [2.05, 4.69) is 29.5 Å². The lowest BCUT2D eigenvalue weighted by atomic mass is 10.0. The summed E-state index contributed by atoms with van der Waals surface area (Å²) in [5.41, 5.74) is 8.37. The van der Waals surface area contributed by atoms with Crippen molar-refractivity contribution in [1.29, 1.82) is 0 Å². The van der Waals surface area contributed by atoms with E-state index in [-0.39, 0.29) is 6.04 Å². The van der Waals surface area contributed by atoms with Crippen molar-refractivity contribution in [2.75, 3.05) is 0 Å². The van der Waals surface area contributed by atoms with Crippen LogP contribution in [0.15, 0.2) is 30.6 Å². The smallest absolute Gasteiger partial charge is 0.0958 e. The Bertz CT molecular complexity index is 461. The predicted octanol–water partition coefficient (Wildman–Crippen LogP) is 2.41. The van der Waals surface area contributed by atoms with E-state index in [0.717, 1.165) is 18.5 Å². The summed E-state index contributed by atoms with van der Waals surface area (Å²) in [5, 5.41) is 0. The van der Waals surface area contributed by atoms with Crippen molar-refractivity contribution in [2.45, 2.75) is 32.9 Å². The number of nitrogens with zero attached hydrogens (tertiary/aromatic N) is 2. The number of benzene rings is 1. The van der Waals surface area contributed by atoms with Crippen LogP contribution in [0.1, 0.15) is 20.3 Å². The number of para-hydroxylation sites is 2. The highest BCUT2D eigenvalue weighted by molar-refractivity contribution is 5.74. The molecule has 3 heteroatoms. The third-order valence-electron chi connectivity index (χ3n) is 3.31. The van der Waals surface area contributed by atoms with Gasteiger partial charge in [0.25, 0.3) is 0 Å². The van der Waals surface area contributed by atoms with Crippen molar-refractivity contribution in [2.24, 2.45) is 11.7 Å². The number of hydrogen-bond acceptors (Lipinski definition) is 2. The van der Waals surface area contributed by atoms with Gasteiger partial charge >= 0.3 is 0 Å². The normalized spacial score (nSPS) is 15.2. The van der Waals surface area contributed by atoms with Crippen LogP contribution in [0.25, 0.3) is 11.0 Å². The number of fused-ring (bicyclic) bond motifs is 1. The van der Waals surface area contributed by atoms with Crippen LogP contribution in [-0.2, 0) is 6.54 Å². The number of nitrogens with two attached hydrogens (primary N) is 1. The second-order valence-corrected chi connectivity index (χ2v) is 4.44. The van der Waals surface area contributed by atoms with E-state index in [9.17, 15) is 0 Å². The molecule has 3 nitrogen and oxygen atoms in total. The fraction of sp³-hybridized carbons (Fsp3) is 0.462. The number of hydrogen-bond donors (Lipinski definition) is 1. The molecule has 0 aliphatic rings. The van der Waals surface area contributed by atoms with Gasteiger partial charge < -0.3 is 10.3 Å². The van der Waals surface area contributed by atoms with Gasteiger partial charge in [-0.3, -0.25) is 0 Å². The summed E-state index contributed by atoms with van der Waals surface area (Å²) < 4.78 is 2.14. The van der Waals surface area contributed by atoms with Gasteiger partial charge in [-0.25, -0.2) is 4.98 Å². The average molecular weight is 217 g/mol. The van der Waals surface area contributed by atoms with Gasteiger partial charge in [-0.05, 0) is 18.1 Å². The molecule has 0 amide bonds. The number of rotatable bonds is 4. The summed E-state index contributed by atoms with van der Waals surface area (Å²) in [6.07, 6.45) is 3.00. The van der Waals surface area contributed by atoms with Gasteiger partial charge in [0.2, 0.25) is 0 Å². The Kier molecular flexibility index (Phi) is 3.25. The zero-order valence-corrected chi connectivity index (χ0v) is 9.93. The predicted molar refractivity (Wildman–Crippen MR) is 67.2 cm³/mol. The van der Waals surface area contributed by atoms with E-state index >= 15 is 0 Å². The summed E-state index contributed by atoms with van der Waals surface area (Å²) in [4.78, 5) is 4.36. The highest BCUT2D eigenvalue weighted by Gasteiger charge is 2.12. The fourth-order valence-corrected chi connectivity index (χ4v) is 1.87. The van der Waals surface area contributed by atoms with Gasteiger partial charge in [0.1, 0.15) is 0 Å². The molecule has 2 N–H and O–H groups in total. The van der Waals surface area contributed by atoms with Crippen LogP contribution in [0, 0.1) is 5.92 Å². The zero-order chi connectivity index (χ0) is 11.5. The second kappa shape index (κ2) is 4.66. The Hall–Kier alpha value is -1.35. The Morgan fingerprint density at radius 3 is 2.88 bits per heavy atom. The lowest BCUT2D eigenvalue weighted by molar-refractivity contribution is 0.400. The molecule has 1 aromatic carbocycles. The van der Waals surface area contributed by atoms with Gasteiger partial charge in [0.15, 0.2) is 0 Å². The molecule has 1 heterocycles. The van der Waals surface area contributed by atoms with Crippen LogP contribution in [-0.4, -0.2) is 15.6 Å². The summed E-state index contributed by atoms with van der Waals surface area (Å²) in [7, 11) is 0. The molecule has 0 fully saturated rings. The van der Waals surface area contributed by atoms with E-state index in [4.69, 9.17) is 5.73 Å². The van der Waals surface area contributed by atoms with Crippen molar-refractivity contribution < 1.29 is 0 Å². The Labute approximate surface area is 96.3 Å². The summed E-state index contributed by atoms with van der Waals surface area (Å²) in [5.74, 6) is 0.543. The maximum atomic E-state index is 6.16. The molecule has 0 saturated carbocycles. The van der Waals surface area contributed by atoms with Crippen LogP contribution in [0.2, 0.25) is 0 Å². The molecule has 16 heavy (non-hydrogen) atoms. The SMILES string of the molecule is CCC(C)C(N)Cn1cnc2ccccc21. The molecule has 2 aromatic rings. The molecule has 2 rings (SSSR count). The molecule has 0 bridgehead atoms. The second-order valence-electron chi connectivity index (χ2n) is 4.44. The molecular formula is C13H19N3. The quantitative estimate of drug-likeness (QED) is 0.854.